The van der Waals surface area contributed by atoms with E-state index in [2.05, 4.69) is 27.8 Å². The third-order valence-corrected chi connectivity index (χ3v) is 7.47. The molecule has 1 N–H and O–H groups in total. The van der Waals surface area contributed by atoms with Gasteiger partial charge in [0.05, 0.1) is 11.0 Å². The molecule has 0 atom stereocenters. The van der Waals surface area contributed by atoms with Gasteiger partial charge in [-0.25, -0.2) is 4.98 Å². The number of phenols is 1. The number of furan rings is 1. The molecule has 0 saturated heterocycles. The molecule has 0 aliphatic carbocycles. The molecule has 0 aliphatic heterocycles. The molecule has 5 aromatic carbocycles. The molecule has 6 heteroatoms. The molecule has 204 valence electrons. The smallest absolute Gasteiger partial charge is 0.152 e. The predicted octanol–water partition coefficient (Wildman–Crippen LogP) is 8.82. The van der Waals surface area contributed by atoms with E-state index in [1.54, 1.807) is 12.3 Å². The summed E-state index contributed by atoms with van der Waals surface area (Å²) in [5, 5.41) is 13.2. The normalized spacial score (nSPS) is 11.2. The van der Waals surface area contributed by atoms with Crippen molar-refractivity contribution in [2.24, 2.45) is 0 Å². The summed E-state index contributed by atoms with van der Waals surface area (Å²) in [6.07, 6.45) is 1.79. The Bertz CT molecular complexity index is 2220. The minimum atomic E-state index is 0. The Hall–Kier alpha value is -4.99. The van der Waals surface area contributed by atoms with Crippen LogP contribution in [0.15, 0.2) is 132 Å². The first kappa shape index (κ1) is 25.9. The molecule has 0 aliphatic rings. The van der Waals surface area contributed by atoms with Crippen molar-refractivity contribution in [3.05, 3.63) is 134 Å². The maximum atomic E-state index is 11.3. The number of fused-ring (bicyclic) bond motifs is 4. The van der Waals surface area contributed by atoms with Gasteiger partial charge in [-0.3, -0.25) is 9.55 Å². The van der Waals surface area contributed by atoms with Crippen LogP contribution in [0.2, 0.25) is 0 Å². The van der Waals surface area contributed by atoms with Gasteiger partial charge in [0.15, 0.2) is 5.82 Å². The molecule has 0 bridgehead atoms. The Morgan fingerprint density at radius 2 is 1.48 bits per heavy atom. The quantitative estimate of drug-likeness (QED) is 0.185. The van der Waals surface area contributed by atoms with Crippen LogP contribution in [0.1, 0.15) is 0 Å². The van der Waals surface area contributed by atoms with Crippen LogP contribution in [-0.2, 0) is 21.1 Å². The van der Waals surface area contributed by atoms with Crippen molar-refractivity contribution in [1.29, 1.82) is 0 Å². The van der Waals surface area contributed by atoms with Crippen molar-refractivity contribution in [3.8, 4) is 45.2 Å². The molecule has 42 heavy (non-hydrogen) atoms. The molecule has 0 saturated carbocycles. The second-order valence-corrected chi connectivity index (χ2v) is 9.91. The van der Waals surface area contributed by atoms with Crippen LogP contribution in [0.4, 0.5) is 0 Å². The van der Waals surface area contributed by atoms with Crippen molar-refractivity contribution in [3.63, 3.8) is 0 Å². The van der Waals surface area contributed by atoms with Crippen LogP contribution in [0.5, 0.6) is 5.75 Å². The van der Waals surface area contributed by atoms with Crippen LogP contribution in [0, 0.1) is 6.07 Å². The zero-order valence-electron chi connectivity index (χ0n) is 22.1. The summed E-state index contributed by atoms with van der Waals surface area (Å²) < 4.78 is 8.45. The average molecular weight is 724 g/mol. The molecular formula is C36H22N3O2Pt-. The third-order valence-electron chi connectivity index (χ3n) is 7.47. The Morgan fingerprint density at radius 3 is 2.33 bits per heavy atom. The van der Waals surface area contributed by atoms with Crippen molar-refractivity contribution in [2.45, 2.75) is 0 Å². The van der Waals surface area contributed by atoms with Crippen LogP contribution in [-0.4, -0.2) is 19.6 Å². The summed E-state index contributed by atoms with van der Waals surface area (Å²) >= 11 is 0. The number of hydrogen-bond acceptors (Lipinski definition) is 4. The van der Waals surface area contributed by atoms with E-state index in [9.17, 15) is 5.11 Å². The fourth-order valence-electron chi connectivity index (χ4n) is 5.61. The number of aromatic nitrogens is 3. The number of nitrogens with zero attached hydrogens (tertiary/aromatic N) is 3. The molecule has 8 aromatic rings. The maximum absolute atomic E-state index is 11.3. The van der Waals surface area contributed by atoms with Crippen molar-refractivity contribution >= 4 is 33.0 Å². The number of imidazole rings is 1. The van der Waals surface area contributed by atoms with E-state index in [1.807, 2.05) is 103 Å². The molecule has 0 amide bonds. The summed E-state index contributed by atoms with van der Waals surface area (Å²) in [7, 11) is 0. The van der Waals surface area contributed by atoms with E-state index in [4.69, 9.17) is 9.40 Å². The van der Waals surface area contributed by atoms with Gasteiger partial charge < -0.3 is 9.52 Å². The second kappa shape index (κ2) is 10.4. The van der Waals surface area contributed by atoms with Gasteiger partial charge >= 0.3 is 0 Å². The number of benzene rings is 5. The largest absolute Gasteiger partial charge is 0.507 e. The predicted molar refractivity (Wildman–Crippen MR) is 163 cm³/mol. The zero-order chi connectivity index (χ0) is 27.3. The average Bonchev–Trinajstić information content (AvgIpc) is 3.60. The summed E-state index contributed by atoms with van der Waals surface area (Å²) in [6.45, 7) is 0. The Morgan fingerprint density at radius 1 is 0.690 bits per heavy atom. The van der Waals surface area contributed by atoms with E-state index >= 15 is 0 Å². The fraction of sp³-hybridized carbons (Fsp3) is 0. The van der Waals surface area contributed by atoms with Crippen LogP contribution >= 0.6 is 0 Å². The van der Waals surface area contributed by atoms with E-state index in [-0.39, 0.29) is 26.8 Å². The van der Waals surface area contributed by atoms with Gasteiger partial charge in [-0.1, -0.05) is 71.8 Å². The molecule has 8 rings (SSSR count). The number of pyridine rings is 1. The van der Waals surface area contributed by atoms with Gasteiger partial charge in [0.1, 0.15) is 22.5 Å². The topological polar surface area (TPSA) is 64.1 Å². The van der Waals surface area contributed by atoms with E-state index < -0.39 is 0 Å². The number of hydrogen-bond donors (Lipinski definition) is 1. The Balaban J connectivity index is 0.00000288. The SMILES string of the molecule is Oc1ccc2c(oc3ccccc32)c1-c1nc2c(-c3[c-]c(-c4ccccn4)ccc3)cccc2n1-c1ccccc1.[Pt]. The van der Waals surface area contributed by atoms with Gasteiger partial charge in [0, 0.05) is 49.4 Å². The summed E-state index contributed by atoms with van der Waals surface area (Å²) in [5.41, 5.74) is 8.17. The van der Waals surface area contributed by atoms with Gasteiger partial charge in [-0.2, -0.15) is 0 Å². The maximum Gasteiger partial charge on any atom is 0.152 e. The van der Waals surface area contributed by atoms with E-state index in [0.717, 1.165) is 55.5 Å². The second-order valence-electron chi connectivity index (χ2n) is 9.91. The first-order valence-electron chi connectivity index (χ1n) is 13.4. The van der Waals surface area contributed by atoms with Crippen LogP contribution in [0.3, 0.4) is 0 Å². The van der Waals surface area contributed by atoms with Crippen molar-refractivity contribution in [1.82, 2.24) is 14.5 Å². The molecule has 0 spiro atoms. The monoisotopic (exact) mass is 723 g/mol. The first-order valence-corrected chi connectivity index (χ1v) is 13.4. The van der Waals surface area contributed by atoms with Gasteiger partial charge in [-0.05, 0) is 42.5 Å². The zero-order valence-corrected chi connectivity index (χ0v) is 24.4. The minimum absolute atomic E-state index is 0. The number of aromatic hydroxyl groups is 1. The molecule has 0 radical (unpaired) electrons. The van der Waals surface area contributed by atoms with E-state index in [0.29, 0.717) is 17.0 Å². The molecule has 0 fully saturated rings. The first-order chi connectivity index (χ1) is 20.3. The number of rotatable bonds is 4. The van der Waals surface area contributed by atoms with Crippen molar-refractivity contribution < 1.29 is 30.6 Å². The molecule has 3 heterocycles. The van der Waals surface area contributed by atoms with Gasteiger partial charge in [0.25, 0.3) is 0 Å². The van der Waals surface area contributed by atoms with Crippen LogP contribution < -0.4 is 0 Å². The third kappa shape index (κ3) is 4.13. The Kier molecular flexibility index (Phi) is 6.45. The molecule has 5 nitrogen and oxygen atoms in total. The number of phenolic OH excluding ortho intramolecular Hbond substituents is 1. The van der Waals surface area contributed by atoms with E-state index in [1.165, 1.54) is 0 Å². The van der Waals surface area contributed by atoms with Gasteiger partial charge in [0.2, 0.25) is 0 Å². The van der Waals surface area contributed by atoms with Crippen LogP contribution in [0.25, 0.3) is 72.4 Å². The summed E-state index contributed by atoms with van der Waals surface area (Å²) in [4.78, 5) is 9.74. The van der Waals surface area contributed by atoms with Gasteiger partial charge in [-0.15, -0.1) is 29.8 Å². The summed E-state index contributed by atoms with van der Waals surface area (Å²) in [5.74, 6) is 0.705. The minimum Gasteiger partial charge on any atom is -0.507 e. The Labute approximate surface area is 256 Å². The standard InChI is InChI=1S/C36H22N3O2.Pt/c40-31-20-19-28-27-14-4-5-18-32(27)41-35(28)33(31)36-38-34-26(15-9-17-30(34)39(36)25-12-2-1-3-13-25)23-10-8-11-24(22-23)29-16-6-7-21-37-29;/h1-21,40H;/q-1;. The molecule has 3 aromatic heterocycles. The molecular weight excluding hydrogens is 701 g/mol. The number of para-hydroxylation sites is 3. The van der Waals surface area contributed by atoms with Crippen molar-refractivity contribution in [2.75, 3.05) is 0 Å². The fourth-order valence-corrected chi connectivity index (χ4v) is 5.61. The molecule has 0 unspecified atom stereocenters. The summed E-state index contributed by atoms with van der Waals surface area (Å²) in [6, 6.07) is 43.3.